The molecule has 108 valence electrons. The molecule has 0 spiro atoms. The van der Waals surface area contributed by atoms with Crippen LogP contribution in [-0.4, -0.2) is 32.2 Å². The lowest BCUT2D eigenvalue weighted by Crippen LogP contribution is -2.43. The fourth-order valence-electron chi connectivity index (χ4n) is 1.23. The molecule has 4 N–H and O–H groups in total. The number of hydrogen-bond donors (Lipinski definition) is 3. The summed E-state index contributed by atoms with van der Waals surface area (Å²) in [5, 5.41) is 9.08. The Morgan fingerprint density at radius 1 is 1.32 bits per heavy atom. The van der Waals surface area contributed by atoms with Crippen molar-refractivity contribution in [3.63, 3.8) is 0 Å². The summed E-state index contributed by atoms with van der Waals surface area (Å²) in [6.45, 7) is 0.911. The van der Waals surface area contributed by atoms with Gasteiger partial charge in [-0.3, -0.25) is 0 Å². The van der Waals surface area contributed by atoms with Crippen LogP contribution in [0, 0.1) is 17.5 Å². The Labute approximate surface area is 108 Å². The van der Waals surface area contributed by atoms with Crippen LogP contribution in [-0.2, 0) is 10.0 Å². The summed E-state index contributed by atoms with van der Waals surface area (Å²) in [5.74, 6) is -4.32. The van der Waals surface area contributed by atoms with Gasteiger partial charge in [-0.25, -0.2) is 26.3 Å². The molecule has 19 heavy (non-hydrogen) atoms. The van der Waals surface area contributed by atoms with Crippen molar-refractivity contribution in [2.45, 2.75) is 24.0 Å². The van der Waals surface area contributed by atoms with E-state index in [1.54, 1.807) is 0 Å². The Balaban J connectivity index is 3.02. The highest BCUT2D eigenvalue weighted by atomic mass is 32.2. The first kappa shape index (κ1) is 15.9. The molecule has 2 unspecified atom stereocenters. The third kappa shape index (κ3) is 3.90. The van der Waals surface area contributed by atoms with Crippen LogP contribution >= 0.6 is 0 Å². The Bertz CT molecular complexity index is 540. The molecule has 0 saturated heterocycles. The summed E-state index contributed by atoms with van der Waals surface area (Å²) in [6, 6.07) is -0.431. The second-order valence-corrected chi connectivity index (χ2v) is 5.66. The van der Waals surface area contributed by atoms with Gasteiger partial charge >= 0.3 is 0 Å². The van der Waals surface area contributed by atoms with E-state index in [-0.39, 0.29) is 12.1 Å². The first-order valence-corrected chi connectivity index (χ1v) is 6.71. The maximum absolute atomic E-state index is 13.3. The minimum absolute atomic E-state index is 0.256. The number of aliphatic hydroxyl groups excluding tert-OH is 1. The summed E-state index contributed by atoms with van der Waals surface area (Å²) >= 11 is 0. The van der Waals surface area contributed by atoms with Gasteiger partial charge in [0.25, 0.3) is 0 Å². The minimum Gasteiger partial charge on any atom is -0.392 e. The van der Waals surface area contributed by atoms with Crippen LogP contribution < -0.4 is 10.5 Å². The largest absolute Gasteiger partial charge is 0.392 e. The number of nitrogens with one attached hydrogen (secondary N) is 1. The summed E-state index contributed by atoms with van der Waals surface area (Å²) in [5.41, 5.74) is 5.38. The zero-order valence-electron chi connectivity index (χ0n) is 9.90. The second-order valence-electron chi connectivity index (χ2n) is 3.95. The number of benzene rings is 1. The molecule has 5 nitrogen and oxygen atoms in total. The van der Waals surface area contributed by atoms with Crippen molar-refractivity contribution in [2.24, 2.45) is 5.73 Å². The van der Waals surface area contributed by atoms with Gasteiger partial charge in [-0.1, -0.05) is 0 Å². The average Bonchev–Trinajstić information content (AvgIpc) is 2.23. The molecule has 0 aliphatic rings. The van der Waals surface area contributed by atoms with E-state index in [2.05, 4.69) is 0 Å². The molecule has 0 aliphatic heterocycles. The van der Waals surface area contributed by atoms with Crippen LogP contribution in [0.2, 0.25) is 0 Å². The van der Waals surface area contributed by atoms with Crippen LogP contribution in [0.5, 0.6) is 0 Å². The number of halogens is 3. The van der Waals surface area contributed by atoms with E-state index in [1.165, 1.54) is 6.92 Å². The molecule has 0 saturated carbocycles. The fourth-order valence-corrected chi connectivity index (χ4v) is 2.42. The molecular formula is C10H13F3N2O3S. The van der Waals surface area contributed by atoms with E-state index < -0.39 is 51.1 Å². The maximum atomic E-state index is 13.3. The summed E-state index contributed by atoms with van der Waals surface area (Å²) in [4.78, 5) is -1.29. The number of nitrogens with two attached hydrogens (primary N) is 1. The molecule has 9 heteroatoms. The normalized spacial score (nSPS) is 15.3. The van der Waals surface area contributed by atoms with Crippen LogP contribution in [0.3, 0.4) is 0 Å². The SMILES string of the molecule is CC(O)C(N)CNS(=O)(=O)c1c(F)cc(F)cc1F. The lowest BCUT2D eigenvalue weighted by atomic mass is 10.2. The number of hydrogen-bond acceptors (Lipinski definition) is 4. The highest BCUT2D eigenvalue weighted by Gasteiger charge is 2.26. The highest BCUT2D eigenvalue weighted by Crippen LogP contribution is 2.19. The van der Waals surface area contributed by atoms with Gasteiger partial charge in [-0.2, -0.15) is 0 Å². The topological polar surface area (TPSA) is 92.4 Å². The van der Waals surface area contributed by atoms with Gasteiger partial charge in [0.1, 0.15) is 17.5 Å². The molecular weight excluding hydrogens is 285 g/mol. The summed E-state index contributed by atoms with van der Waals surface area (Å²) in [7, 11) is -4.52. The molecule has 0 aliphatic carbocycles. The van der Waals surface area contributed by atoms with Crippen molar-refractivity contribution in [1.29, 1.82) is 0 Å². The second kappa shape index (κ2) is 5.87. The molecule has 2 atom stereocenters. The predicted molar refractivity (Wildman–Crippen MR) is 61.2 cm³/mol. The molecule has 1 aromatic carbocycles. The van der Waals surface area contributed by atoms with E-state index in [1.807, 2.05) is 4.72 Å². The highest BCUT2D eigenvalue weighted by molar-refractivity contribution is 7.89. The van der Waals surface area contributed by atoms with E-state index in [4.69, 9.17) is 10.8 Å². The zero-order valence-corrected chi connectivity index (χ0v) is 10.7. The van der Waals surface area contributed by atoms with Gasteiger partial charge in [-0.05, 0) is 6.92 Å². The first-order chi connectivity index (χ1) is 8.65. The molecule has 0 aromatic heterocycles. The third-order valence-electron chi connectivity index (χ3n) is 2.36. The summed E-state index contributed by atoms with van der Waals surface area (Å²) in [6.07, 6.45) is -1.01. The standard InChI is InChI=1S/C10H13F3N2O3S/c1-5(16)9(14)4-15-19(17,18)10-7(12)2-6(11)3-8(10)13/h2-3,5,9,15-16H,4,14H2,1H3. The van der Waals surface area contributed by atoms with E-state index in [0.29, 0.717) is 0 Å². The van der Waals surface area contributed by atoms with Gasteiger partial charge in [0, 0.05) is 24.7 Å². The Morgan fingerprint density at radius 2 is 1.79 bits per heavy atom. The van der Waals surface area contributed by atoms with Crippen LogP contribution in [0.25, 0.3) is 0 Å². The van der Waals surface area contributed by atoms with Crippen molar-refractivity contribution in [2.75, 3.05) is 6.54 Å². The van der Waals surface area contributed by atoms with Crippen LogP contribution in [0.4, 0.5) is 13.2 Å². The number of rotatable bonds is 5. The van der Waals surface area contributed by atoms with Crippen molar-refractivity contribution in [1.82, 2.24) is 4.72 Å². The number of aliphatic hydroxyl groups is 1. The van der Waals surface area contributed by atoms with E-state index in [0.717, 1.165) is 0 Å². The molecule has 1 rings (SSSR count). The average molecular weight is 298 g/mol. The third-order valence-corrected chi connectivity index (χ3v) is 3.83. The van der Waals surface area contributed by atoms with Crippen LogP contribution in [0.15, 0.2) is 17.0 Å². The molecule has 0 bridgehead atoms. The Hall–Kier alpha value is -1.16. The quantitative estimate of drug-likeness (QED) is 0.718. The molecule has 0 heterocycles. The van der Waals surface area contributed by atoms with Gasteiger partial charge in [0.15, 0.2) is 4.90 Å². The van der Waals surface area contributed by atoms with Gasteiger partial charge in [0.2, 0.25) is 10.0 Å². The summed E-state index contributed by atoms with van der Waals surface area (Å²) < 4.78 is 64.5. The molecule has 0 fully saturated rings. The fraction of sp³-hybridized carbons (Fsp3) is 0.400. The van der Waals surface area contributed by atoms with E-state index >= 15 is 0 Å². The van der Waals surface area contributed by atoms with Crippen molar-refractivity contribution < 1.29 is 26.7 Å². The molecule has 1 aromatic rings. The minimum atomic E-state index is -4.52. The monoisotopic (exact) mass is 298 g/mol. The van der Waals surface area contributed by atoms with Crippen molar-refractivity contribution in [3.8, 4) is 0 Å². The van der Waals surface area contributed by atoms with Crippen molar-refractivity contribution in [3.05, 3.63) is 29.6 Å². The number of sulfonamides is 1. The Kier molecular flexibility index (Phi) is 4.91. The maximum Gasteiger partial charge on any atom is 0.246 e. The first-order valence-electron chi connectivity index (χ1n) is 5.23. The van der Waals surface area contributed by atoms with Gasteiger partial charge in [-0.15, -0.1) is 0 Å². The van der Waals surface area contributed by atoms with Gasteiger partial charge < -0.3 is 10.8 Å². The van der Waals surface area contributed by atoms with Crippen molar-refractivity contribution >= 4 is 10.0 Å². The predicted octanol–water partition coefficient (Wildman–Crippen LogP) is 0.0903. The van der Waals surface area contributed by atoms with Crippen LogP contribution in [0.1, 0.15) is 6.92 Å². The lowest BCUT2D eigenvalue weighted by molar-refractivity contribution is 0.164. The Morgan fingerprint density at radius 3 is 2.21 bits per heavy atom. The van der Waals surface area contributed by atoms with E-state index in [9.17, 15) is 21.6 Å². The zero-order chi connectivity index (χ0) is 14.8. The molecule has 0 radical (unpaired) electrons. The molecule has 0 amide bonds. The van der Waals surface area contributed by atoms with Gasteiger partial charge in [0.05, 0.1) is 6.10 Å². The lowest BCUT2D eigenvalue weighted by Gasteiger charge is -2.15. The smallest absolute Gasteiger partial charge is 0.246 e.